The lowest BCUT2D eigenvalue weighted by atomic mass is 10.1. The van der Waals surface area contributed by atoms with Gasteiger partial charge in [-0.2, -0.15) is 0 Å². The maximum atomic E-state index is 12.5. The fourth-order valence-electron chi connectivity index (χ4n) is 3.39. The Labute approximate surface area is 184 Å². The molecule has 0 spiro atoms. The lowest BCUT2D eigenvalue weighted by molar-refractivity contribution is 0.0952. The van der Waals surface area contributed by atoms with E-state index in [0.717, 1.165) is 33.0 Å². The van der Waals surface area contributed by atoms with Crippen LogP contribution < -0.4 is 10.9 Å². The average Bonchev–Trinajstić information content (AvgIpc) is 3.20. The van der Waals surface area contributed by atoms with Crippen molar-refractivity contribution < 1.29 is 4.79 Å². The summed E-state index contributed by atoms with van der Waals surface area (Å²) >= 11 is 1.63. The maximum absolute atomic E-state index is 12.5. The summed E-state index contributed by atoms with van der Waals surface area (Å²) in [5.74, 6) is -0.369. The molecule has 0 atom stereocenters. The number of amides is 1. The van der Waals surface area contributed by atoms with Gasteiger partial charge in [-0.1, -0.05) is 48.0 Å². The molecule has 6 heteroatoms. The molecule has 0 aliphatic rings. The van der Waals surface area contributed by atoms with Gasteiger partial charge in [-0.25, -0.2) is 4.98 Å². The molecule has 4 rings (SSSR count). The van der Waals surface area contributed by atoms with Crippen molar-refractivity contribution in [2.75, 3.05) is 6.54 Å². The number of rotatable bonds is 6. The van der Waals surface area contributed by atoms with Crippen LogP contribution in [0, 0.1) is 13.8 Å². The normalized spacial score (nSPS) is 10.8. The molecule has 0 bridgehead atoms. The quantitative estimate of drug-likeness (QED) is 0.464. The van der Waals surface area contributed by atoms with Gasteiger partial charge in [0.25, 0.3) is 11.5 Å². The molecule has 0 aliphatic carbocycles. The zero-order valence-electron chi connectivity index (χ0n) is 17.4. The Morgan fingerprint density at radius 3 is 2.52 bits per heavy atom. The van der Waals surface area contributed by atoms with Crippen molar-refractivity contribution in [1.29, 1.82) is 0 Å². The Hall–Kier alpha value is -3.51. The molecule has 0 radical (unpaired) electrons. The van der Waals surface area contributed by atoms with Gasteiger partial charge in [0.05, 0.1) is 10.7 Å². The predicted molar refractivity (Wildman–Crippen MR) is 126 cm³/mol. The number of thiazole rings is 1. The Morgan fingerprint density at radius 2 is 1.84 bits per heavy atom. The molecule has 2 heterocycles. The lowest BCUT2D eigenvalue weighted by Crippen LogP contribution is -2.31. The van der Waals surface area contributed by atoms with E-state index in [-0.39, 0.29) is 17.0 Å². The number of nitrogens with one attached hydrogen (secondary N) is 2. The van der Waals surface area contributed by atoms with E-state index in [4.69, 9.17) is 0 Å². The summed E-state index contributed by atoms with van der Waals surface area (Å²) in [5.41, 5.74) is 5.62. The van der Waals surface area contributed by atoms with Crippen LogP contribution in [-0.4, -0.2) is 22.4 Å². The molecular formula is C25H23N3O2S. The molecule has 2 N–H and O–H groups in total. The van der Waals surface area contributed by atoms with E-state index in [2.05, 4.69) is 15.3 Å². The van der Waals surface area contributed by atoms with E-state index < -0.39 is 0 Å². The Bertz CT molecular complexity index is 1270. The fourth-order valence-corrected chi connectivity index (χ4v) is 4.01. The molecular weight excluding hydrogens is 406 g/mol. The number of hydrogen-bond donors (Lipinski definition) is 2. The third-order valence-electron chi connectivity index (χ3n) is 5.05. The summed E-state index contributed by atoms with van der Waals surface area (Å²) in [7, 11) is 0. The van der Waals surface area contributed by atoms with Crippen LogP contribution in [0.1, 0.15) is 26.5 Å². The minimum atomic E-state index is -0.389. The Morgan fingerprint density at radius 1 is 1.03 bits per heavy atom. The van der Waals surface area contributed by atoms with Crippen LogP contribution in [-0.2, 0) is 6.42 Å². The molecule has 2 aromatic heterocycles. The number of aryl methyl sites for hydroxylation is 2. The van der Waals surface area contributed by atoms with E-state index >= 15 is 0 Å². The summed E-state index contributed by atoms with van der Waals surface area (Å²) in [5, 5.41) is 5.93. The number of aromatic amines is 1. The van der Waals surface area contributed by atoms with Crippen molar-refractivity contribution in [2.45, 2.75) is 20.3 Å². The van der Waals surface area contributed by atoms with Crippen LogP contribution in [0.25, 0.3) is 22.5 Å². The number of aromatic nitrogens is 2. The number of hydrogen-bond acceptors (Lipinski definition) is 4. The summed E-state index contributed by atoms with van der Waals surface area (Å²) in [6.07, 6.45) is 0.682. The van der Waals surface area contributed by atoms with Gasteiger partial charge >= 0.3 is 0 Å². The molecule has 0 saturated carbocycles. The second-order valence-corrected chi connectivity index (χ2v) is 8.50. The molecule has 4 aromatic rings. The van der Waals surface area contributed by atoms with Gasteiger partial charge in [-0.15, -0.1) is 11.3 Å². The number of H-pyrrole nitrogens is 1. The zero-order chi connectivity index (χ0) is 21.8. The first-order valence-corrected chi connectivity index (χ1v) is 11.0. The topological polar surface area (TPSA) is 74.8 Å². The monoisotopic (exact) mass is 429 g/mol. The van der Waals surface area contributed by atoms with Crippen LogP contribution in [0.4, 0.5) is 0 Å². The third kappa shape index (κ3) is 4.98. The summed E-state index contributed by atoms with van der Waals surface area (Å²) in [6, 6.07) is 19.4. The average molecular weight is 430 g/mol. The van der Waals surface area contributed by atoms with E-state index in [9.17, 15) is 9.59 Å². The molecule has 1 amide bonds. The number of carbonyl (C=O) groups excluding carboxylic acids is 1. The van der Waals surface area contributed by atoms with E-state index in [0.29, 0.717) is 18.7 Å². The Balaban J connectivity index is 1.36. The zero-order valence-corrected chi connectivity index (χ0v) is 18.3. The summed E-state index contributed by atoms with van der Waals surface area (Å²) < 4.78 is 0. The largest absolute Gasteiger partial charge is 0.352 e. The van der Waals surface area contributed by atoms with Crippen molar-refractivity contribution >= 4 is 17.2 Å². The second-order valence-electron chi connectivity index (χ2n) is 7.44. The minimum Gasteiger partial charge on any atom is -0.352 e. The molecule has 156 valence electrons. The van der Waals surface area contributed by atoms with Gasteiger partial charge < -0.3 is 10.3 Å². The highest BCUT2D eigenvalue weighted by Crippen LogP contribution is 2.22. The highest BCUT2D eigenvalue weighted by Gasteiger charge is 2.11. The highest BCUT2D eigenvalue weighted by atomic mass is 32.1. The van der Waals surface area contributed by atoms with Gasteiger partial charge in [0.15, 0.2) is 0 Å². The lowest BCUT2D eigenvalue weighted by Gasteiger charge is -2.07. The molecule has 5 nitrogen and oxygen atoms in total. The van der Waals surface area contributed by atoms with Crippen LogP contribution in [0.3, 0.4) is 0 Å². The molecule has 31 heavy (non-hydrogen) atoms. The van der Waals surface area contributed by atoms with Gasteiger partial charge in [0, 0.05) is 23.2 Å². The molecule has 2 aromatic carbocycles. The van der Waals surface area contributed by atoms with Crippen LogP contribution >= 0.6 is 11.3 Å². The summed E-state index contributed by atoms with van der Waals surface area (Å²) in [6.45, 7) is 4.44. The molecule has 0 saturated heterocycles. The number of nitrogens with zero attached hydrogens (tertiary/aromatic N) is 1. The molecule has 0 fully saturated rings. The van der Waals surface area contributed by atoms with Gasteiger partial charge in [0.1, 0.15) is 5.56 Å². The third-order valence-corrected chi connectivity index (χ3v) is 5.82. The van der Waals surface area contributed by atoms with Crippen molar-refractivity contribution in [2.24, 2.45) is 0 Å². The van der Waals surface area contributed by atoms with E-state index in [1.54, 1.807) is 23.5 Å². The highest BCUT2D eigenvalue weighted by molar-refractivity contribution is 7.09. The predicted octanol–water partition coefficient (Wildman–Crippen LogP) is 4.75. The van der Waals surface area contributed by atoms with Crippen LogP contribution in [0.5, 0.6) is 0 Å². The van der Waals surface area contributed by atoms with E-state index in [1.807, 2.05) is 67.8 Å². The van der Waals surface area contributed by atoms with Gasteiger partial charge in [0.2, 0.25) is 0 Å². The SMILES string of the molecule is Cc1cccc(-c2ccc(C(=O)NCCc3ccc(-c4csc(C)n4)cc3)c(=O)[nH]2)c1. The number of benzene rings is 2. The van der Waals surface area contributed by atoms with Gasteiger partial charge in [-0.3, -0.25) is 9.59 Å². The van der Waals surface area contributed by atoms with Crippen LogP contribution in [0.15, 0.2) is 70.8 Å². The minimum absolute atomic E-state index is 0.116. The summed E-state index contributed by atoms with van der Waals surface area (Å²) in [4.78, 5) is 32.2. The number of pyridine rings is 1. The standard InChI is InChI=1S/C25H23N3O2S/c1-16-4-3-5-20(14-16)22-11-10-21(25(30)28-22)24(29)26-13-12-18-6-8-19(9-7-18)23-15-31-17(2)27-23/h3-11,14-15H,12-13H2,1-2H3,(H,26,29)(H,28,30). The van der Waals surface area contributed by atoms with Crippen molar-refractivity contribution in [1.82, 2.24) is 15.3 Å². The first-order chi connectivity index (χ1) is 15.0. The number of carbonyl (C=O) groups is 1. The molecule has 0 unspecified atom stereocenters. The molecule has 0 aliphatic heterocycles. The maximum Gasteiger partial charge on any atom is 0.261 e. The Kier molecular flexibility index (Phi) is 6.09. The van der Waals surface area contributed by atoms with Crippen molar-refractivity contribution in [3.05, 3.63) is 98.1 Å². The second kappa shape index (κ2) is 9.10. The van der Waals surface area contributed by atoms with Crippen molar-refractivity contribution in [3.63, 3.8) is 0 Å². The van der Waals surface area contributed by atoms with E-state index in [1.165, 1.54) is 0 Å². The van der Waals surface area contributed by atoms with Crippen molar-refractivity contribution in [3.8, 4) is 22.5 Å². The van der Waals surface area contributed by atoms with Gasteiger partial charge in [-0.05, 0) is 49.6 Å². The first kappa shape index (κ1) is 20.8. The first-order valence-electron chi connectivity index (χ1n) is 10.1. The van der Waals surface area contributed by atoms with Crippen LogP contribution in [0.2, 0.25) is 0 Å². The smallest absolute Gasteiger partial charge is 0.261 e. The fraction of sp³-hybridized carbons (Fsp3) is 0.160.